The third-order valence-corrected chi connectivity index (χ3v) is 3.63. The highest BCUT2D eigenvalue weighted by molar-refractivity contribution is 6.00. The minimum absolute atomic E-state index is 0.102. The summed E-state index contributed by atoms with van der Waals surface area (Å²) >= 11 is 0. The third kappa shape index (κ3) is 3.39. The lowest BCUT2D eigenvalue weighted by atomic mass is 10.1. The quantitative estimate of drug-likeness (QED) is 0.773. The van der Waals surface area contributed by atoms with Gasteiger partial charge in [0.2, 0.25) is 11.8 Å². The van der Waals surface area contributed by atoms with Crippen molar-refractivity contribution in [3.8, 4) is 0 Å². The second-order valence-corrected chi connectivity index (χ2v) is 5.16. The topological polar surface area (TPSA) is 95.5 Å². The van der Waals surface area contributed by atoms with Crippen molar-refractivity contribution in [2.75, 3.05) is 10.6 Å². The van der Waals surface area contributed by atoms with Gasteiger partial charge in [-0.15, -0.1) is 0 Å². The van der Waals surface area contributed by atoms with Crippen LogP contribution in [-0.2, 0) is 14.4 Å². The molecule has 2 rings (SSSR count). The van der Waals surface area contributed by atoms with Crippen LogP contribution in [0.1, 0.15) is 25.3 Å². The van der Waals surface area contributed by atoms with Crippen molar-refractivity contribution in [1.82, 2.24) is 0 Å². The van der Waals surface area contributed by atoms with Crippen molar-refractivity contribution in [3.05, 3.63) is 23.8 Å². The largest absolute Gasteiger partial charge is 0.481 e. The van der Waals surface area contributed by atoms with Gasteiger partial charge in [-0.05, 0) is 31.0 Å². The fourth-order valence-electron chi connectivity index (χ4n) is 2.13. The lowest BCUT2D eigenvalue weighted by Gasteiger charge is -2.13. The first-order chi connectivity index (χ1) is 9.93. The van der Waals surface area contributed by atoms with Crippen LogP contribution in [0, 0.1) is 18.8 Å². The SMILES string of the molecule is CCC(=O)Nc1cccc(NC(=O)[C@@H]2C[C@@H]2C(=O)O)c1C. The average molecular weight is 290 g/mol. The van der Waals surface area contributed by atoms with Gasteiger partial charge in [-0.25, -0.2) is 0 Å². The predicted octanol–water partition coefficient (Wildman–Crippen LogP) is 2.00. The lowest BCUT2D eigenvalue weighted by Crippen LogP contribution is -2.18. The molecule has 21 heavy (non-hydrogen) atoms. The Morgan fingerprint density at radius 2 is 1.81 bits per heavy atom. The molecule has 0 unspecified atom stereocenters. The summed E-state index contributed by atoms with van der Waals surface area (Å²) in [6, 6.07) is 5.22. The molecule has 1 aliphatic rings. The van der Waals surface area contributed by atoms with Gasteiger partial charge < -0.3 is 15.7 Å². The molecule has 112 valence electrons. The molecule has 0 saturated heterocycles. The second-order valence-electron chi connectivity index (χ2n) is 5.16. The smallest absolute Gasteiger partial charge is 0.307 e. The van der Waals surface area contributed by atoms with Crippen LogP contribution < -0.4 is 10.6 Å². The van der Waals surface area contributed by atoms with Crippen LogP contribution in [0.5, 0.6) is 0 Å². The van der Waals surface area contributed by atoms with E-state index in [0.29, 0.717) is 24.2 Å². The van der Waals surface area contributed by atoms with Crippen molar-refractivity contribution in [1.29, 1.82) is 0 Å². The number of carboxylic acids is 1. The maximum Gasteiger partial charge on any atom is 0.307 e. The van der Waals surface area contributed by atoms with Gasteiger partial charge in [0, 0.05) is 17.8 Å². The van der Waals surface area contributed by atoms with Crippen LogP contribution in [0.2, 0.25) is 0 Å². The number of carbonyl (C=O) groups is 3. The predicted molar refractivity (Wildman–Crippen MR) is 78.0 cm³/mol. The molecule has 0 aliphatic heterocycles. The highest BCUT2D eigenvalue weighted by atomic mass is 16.4. The summed E-state index contributed by atoms with van der Waals surface area (Å²) in [6.07, 6.45) is 0.755. The monoisotopic (exact) mass is 290 g/mol. The molecular weight excluding hydrogens is 272 g/mol. The lowest BCUT2D eigenvalue weighted by molar-refractivity contribution is -0.139. The number of carboxylic acid groups (broad SMARTS) is 1. The molecule has 2 atom stereocenters. The summed E-state index contributed by atoms with van der Waals surface area (Å²) in [6.45, 7) is 3.55. The Morgan fingerprint density at radius 1 is 1.19 bits per heavy atom. The zero-order chi connectivity index (χ0) is 15.6. The van der Waals surface area contributed by atoms with Crippen LogP contribution >= 0.6 is 0 Å². The maximum atomic E-state index is 12.0. The van der Waals surface area contributed by atoms with Gasteiger partial charge in [0.1, 0.15) is 0 Å². The number of benzene rings is 1. The van der Waals surface area contributed by atoms with Crippen LogP contribution in [0.25, 0.3) is 0 Å². The minimum atomic E-state index is -0.934. The summed E-state index contributed by atoms with van der Waals surface area (Å²) in [5, 5.41) is 14.3. The highest BCUT2D eigenvalue weighted by Gasteiger charge is 2.48. The Bertz CT molecular complexity index is 597. The Labute approximate surface area is 122 Å². The second kappa shape index (κ2) is 5.95. The van der Waals surface area contributed by atoms with E-state index < -0.39 is 17.8 Å². The highest BCUT2D eigenvalue weighted by Crippen LogP contribution is 2.39. The van der Waals surface area contributed by atoms with E-state index >= 15 is 0 Å². The number of hydrogen-bond acceptors (Lipinski definition) is 3. The molecule has 0 heterocycles. The molecule has 0 aromatic heterocycles. The molecule has 1 aliphatic carbocycles. The number of nitrogens with one attached hydrogen (secondary N) is 2. The Hall–Kier alpha value is -2.37. The van der Waals surface area contributed by atoms with E-state index in [4.69, 9.17) is 5.11 Å². The molecule has 6 heteroatoms. The minimum Gasteiger partial charge on any atom is -0.481 e. The van der Waals surface area contributed by atoms with Crippen molar-refractivity contribution in [3.63, 3.8) is 0 Å². The van der Waals surface area contributed by atoms with Crippen LogP contribution in [0.4, 0.5) is 11.4 Å². The van der Waals surface area contributed by atoms with Crippen LogP contribution in [0.3, 0.4) is 0 Å². The molecule has 0 spiro atoms. The van der Waals surface area contributed by atoms with Gasteiger partial charge in [0.15, 0.2) is 0 Å². The summed E-state index contributed by atoms with van der Waals surface area (Å²) in [7, 11) is 0. The number of aliphatic carboxylic acids is 1. The maximum absolute atomic E-state index is 12.0. The van der Waals surface area contributed by atoms with E-state index in [1.807, 2.05) is 0 Å². The standard InChI is InChI=1S/C15H18N2O4/c1-3-13(18)16-11-5-4-6-12(8(11)2)17-14(19)9-7-10(9)15(20)21/h4-6,9-10H,3,7H2,1-2H3,(H,16,18)(H,17,19)(H,20,21)/t9-,10+/m1/s1. The Balaban J connectivity index is 2.07. The molecule has 1 aromatic rings. The fraction of sp³-hybridized carbons (Fsp3) is 0.400. The molecule has 3 N–H and O–H groups in total. The Kier molecular flexibility index (Phi) is 4.26. The first kappa shape index (κ1) is 15.0. The van der Waals surface area contributed by atoms with Crippen molar-refractivity contribution < 1.29 is 19.5 Å². The fourth-order valence-corrected chi connectivity index (χ4v) is 2.13. The number of anilines is 2. The first-order valence-electron chi connectivity index (χ1n) is 6.87. The van der Waals surface area contributed by atoms with E-state index in [2.05, 4.69) is 10.6 Å². The number of hydrogen-bond donors (Lipinski definition) is 3. The van der Waals surface area contributed by atoms with Crippen molar-refractivity contribution in [2.45, 2.75) is 26.7 Å². The molecule has 6 nitrogen and oxygen atoms in total. The van der Waals surface area contributed by atoms with Gasteiger partial charge in [0.05, 0.1) is 11.8 Å². The van der Waals surface area contributed by atoms with Crippen molar-refractivity contribution in [2.24, 2.45) is 11.8 Å². The number of rotatable bonds is 5. The molecule has 1 saturated carbocycles. The summed E-state index contributed by atoms with van der Waals surface area (Å²) in [5.41, 5.74) is 1.98. The molecule has 0 radical (unpaired) electrons. The van der Waals surface area contributed by atoms with E-state index in [-0.39, 0.29) is 11.8 Å². The molecule has 2 amide bonds. The van der Waals surface area contributed by atoms with Gasteiger partial charge in [-0.3, -0.25) is 14.4 Å². The number of carbonyl (C=O) groups excluding carboxylic acids is 2. The van der Waals surface area contributed by atoms with Crippen LogP contribution in [-0.4, -0.2) is 22.9 Å². The van der Waals surface area contributed by atoms with E-state index in [0.717, 1.165) is 5.56 Å². The molecule has 1 fully saturated rings. The van der Waals surface area contributed by atoms with Gasteiger partial charge in [-0.1, -0.05) is 13.0 Å². The van der Waals surface area contributed by atoms with Gasteiger partial charge >= 0.3 is 5.97 Å². The van der Waals surface area contributed by atoms with E-state index in [1.54, 1.807) is 32.0 Å². The van der Waals surface area contributed by atoms with E-state index in [1.165, 1.54) is 0 Å². The summed E-state index contributed by atoms with van der Waals surface area (Å²) in [4.78, 5) is 34.2. The van der Waals surface area contributed by atoms with E-state index in [9.17, 15) is 14.4 Å². The van der Waals surface area contributed by atoms with Gasteiger partial charge in [-0.2, -0.15) is 0 Å². The third-order valence-electron chi connectivity index (χ3n) is 3.63. The van der Waals surface area contributed by atoms with Crippen LogP contribution in [0.15, 0.2) is 18.2 Å². The average Bonchev–Trinajstić information content (AvgIpc) is 3.23. The molecule has 0 bridgehead atoms. The van der Waals surface area contributed by atoms with Gasteiger partial charge in [0.25, 0.3) is 0 Å². The molecule has 1 aromatic carbocycles. The molecular formula is C15H18N2O4. The normalized spacial score (nSPS) is 19.7. The van der Waals surface area contributed by atoms with Crippen molar-refractivity contribution >= 4 is 29.2 Å². The Morgan fingerprint density at radius 3 is 2.33 bits per heavy atom. The zero-order valence-electron chi connectivity index (χ0n) is 12.0. The summed E-state index contributed by atoms with van der Waals surface area (Å²) in [5.74, 6) is -2.36. The summed E-state index contributed by atoms with van der Waals surface area (Å²) < 4.78 is 0. The first-order valence-corrected chi connectivity index (χ1v) is 6.87. The zero-order valence-corrected chi connectivity index (χ0v) is 12.0. The number of amides is 2.